The molecular formula is C18H19ClN2O5. The maximum atomic E-state index is 11.0. The SMILES string of the molecule is COc1cc([N+](=O)[O-])cc(C=Nc2cc(C(C)(C)C)cc(Cl)c2O)c1O. The summed E-state index contributed by atoms with van der Waals surface area (Å²) in [5.41, 5.74) is 0.638. The Morgan fingerprint density at radius 2 is 1.85 bits per heavy atom. The van der Waals surface area contributed by atoms with Crippen molar-refractivity contribution in [2.24, 2.45) is 4.99 Å². The minimum Gasteiger partial charge on any atom is -0.504 e. The molecule has 2 aromatic rings. The van der Waals surface area contributed by atoms with Gasteiger partial charge in [-0.3, -0.25) is 15.1 Å². The van der Waals surface area contributed by atoms with Gasteiger partial charge in [-0.1, -0.05) is 32.4 Å². The van der Waals surface area contributed by atoms with E-state index in [4.69, 9.17) is 16.3 Å². The molecule has 0 unspecified atom stereocenters. The predicted octanol–water partition coefficient (Wildman–Crippen LogP) is 4.72. The molecule has 0 saturated carbocycles. The van der Waals surface area contributed by atoms with Crippen LogP contribution < -0.4 is 4.74 Å². The van der Waals surface area contributed by atoms with E-state index < -0.39 is 4.92 Å². The number of non-ortho nitro benzene ring substituents is 1. The normalized spacial score (nSPS) is 11.7. The van der Waals surface area contributed by atoms with Gasteiger partial charge in [0, 0.05) is 17.8 Å². The number of aliphatic imine (C=N–C) groups is 1. The Kier molecular flexibility index (Phi) is 5.41. The molecule has 0 heterocycles. The van der Waals surface area contributed by atoms with Crippen LogP contribution in [-0.2, 0) is 5.41 Å². The first-order valence-corrected chi connectivity index (χ1v) is 8.05. The van der Waals surface area contributed by atoms with Crippen LogP contribution in [0.4, 0.5) is 11.4 Å². The highest BCUT2D eigenvalue weighted by atomic mass is 35.5. The molecule has 0 radical (unpaired) electrons. The van der Waals surface area contributed by atoms with E-state index in [2.05, 4.69) is 4.99 Å². The van der Waals surface area contributed by atoms with Crippen molar-refractivity contribution < 1.29 is 19.9 Å². The molecule has 8 heteroatoms. The third-order valence-corrected chi connectivity index (χ3v) is 4.06. The zero-order valence-electron chi connectivity index (χ0n) is 14.8. The molecule has 0 atom stereocenters. The third kappa shape index (κ3) is 4.05. The summed E-state index contributed by atoms with van der Waals surface area (Å²) < 4.78 is 4.95. The van der Waals surface area contributed by atoms with Gasteiger partial charge >= 0.3 is 0 Å². The number of aromatic hydroxyl groups is 2. The van der Waals surface area contributed by atoms with Gasteiger partial charge < -0.3 is 14.9 Å². The van der Waals surface area contributed by atoms with E-state index in [1.165, 1.54) is 13.3 Å². The van der Waals surface area contributed by atoms with Gasteiger partial charge in [0.2, 0.25) is 0 Å². The quantitative estimate of drug-likeness (QED) is 0.455. The average Bonchev–Trinajstić information content (AvgIpc) is 2.55. The van der Waals surface area contributed by atoms with Crippen LogP contribution in [-0.4, -0.2) is 28.5 Å². The predicted molar refractivity (Wildman–Crippen MR) is 100 cm³/mol. The topological polar surface area (TPSA) is 105 Å². The zero-order chi connectivity index (χ0) is 19.6. The number of rotatable bonds is 4. The van der Waals surface area contributed by atoms with Crippen LogP contribution >= 0.6 is 11.6 Å². The highest BCUT2D eigenvalue weighted by Crippen LogP contribution is 2.39. The van der Waals surface area contributed by atoms with Crippen LogP contribution in [0.2, 0.25) is 5.02 Å². The van der Waals surface area contributed by atoms with Gasteiger partial charge in [0.05, 0.1) is 23.1 Å². The molecule has 2 rings (SSSR count). The molecule has 0 aliphatic rings. The number of halogens is 1. The molecule has 0 aromatic heterocycles. The van der Waals surface area contributed by atoms with Crippen molar-refractivity contribution in [2.75, 3.05) is 7.11 Å². The molecule has 0 fully saturated rings. The van der Waals surface area contributed by atoms with Gasteiger partial charge in [0.25, 0.3) is 5.69 Å². The van der Waals surface area contributed by atoms with Gasteiger partial charge in [-0.25, -0.2) is 0 Å². The number of ether oxygens (including phenoxy) is 1. The Bertz CT molecular complexity index is 888. The van der Waals surface area contributed by atoms with Crippen molar-refractivity contribution >= 4 is 29.2 Å². The van der Waals surface area contributed by atoms with Crippen LogP contribution in [0.15, 0.2) is 29.3 Å². The fourth-order valence-electron chi connectivity index (χ4n) is 2.23. The summed E-state index contributed by atoms with van der Waals surface area (Å²) in [6.45, 7) is 5.96. The van der Waals surface area contributed by atoms with E-state index in [0.717, 1.165) is 17.7 Å². The highest BCUT2D eigenvalue weighted by Gasteiger charge is 2.19. The fourth-order valence-corrected chi connectivity index (χ4v) is 2.44. The molecule has 138 valence electrons. The number of nitro benzene ring substituents is 1. The first-order chi connectivity index (χ1) is 12.0. The monoisotopic (exact) mass is 378 g/mol. The van der Waals surface area contributed by atoms with Crippen LogP contribution in [0.1, 0.15) is 31.9 Å². The van der Waals surface area contributed by atoms with Crippen LogP contribution in [0, 0.1) is 10.1 Å². The van der Waals surface area contributed by atoms with Crippen LogP contribution in [0.3, 0.4) is 0 Å². The smallest absolute Gasteiger partial charge is 0.274 e. The first kappa shape index (κ1) is 19.5. The van der Waals surface area contributed by atoms with E-state index >= 15 is 0 Å². The summed E-state index contributed by atoms with van der Waals surface area (Å²) in [5.74, 6) is -0.557. The molecule has 0 amide bonds. The van der Waals surface area contributed by atoms with Gasteiger partial charge in [0.15, 0.2) is 17.2 Å². The summed E-state index contributed by atoms with van der Waals surface area (Å²) in [6, 6.07) is 5.60. The minimum atomic E-state index is -0.603. The lowest BCUT2D eigenvalue weighted by Gasteiger charge is -2.20. The molecular weight excluding hydrogens is 360 g/mol. The Morgan fingerprint density at radius 3 is 2.38 bits per heavy atom. The highest BCUT2D eigenvalue weighted by molar-refractivity contribution is 6.32. The fraction of sp³-hybridized carbons (Fsp3) is 0.278. The lowest BCUT2D eigenvalue weighted by molar-refractivity contribution is -0.385. The van der Waals surface area contributed by atoms with E-state index in [1.807, 2.05) is 20.8 Å². The zero-order valence-corrected chi connectivity index (χ0v) is 15.5. The summed E-state index contributed by atoms with van der Waals surface area (Å²) in [6.07, 6.45) is 1.21. The molecule has 0 bridgehead atoms. The average molecular weight is 379 g/mol. The summed E-state index contributed by atoms with van der Waals surface area (Å²) >= 11 is 6.07. The molecule has 7 nitrogen and oxygen atoms in total. The maximum Gasteiger partial charge on any atom is 0.274 e. The largest absolute Gasteiger partial charge is 0.504 e. The van der Waals surface area contributed by atoms with Crippen molar-refractivity contribution in [1.29, 1.82) is 0 Å². The number of nitro groups is 1. The lowest BCUT2D eigenvalue weighted by atomic mass is 9.87. The standard InChI is InChI=1S/C18H19ClN2O5/c1-18(2,3)11-6-13(19)17(23)14(7-11)20-9-10-5-12(21(24)25)8-15(26-4)16(10)22/h5-9,22-23H,1-4H3. The van der Waals surface area contributed by atoms with Gasteiger partial charge in [-0.2, -0.15) is 0 Å². The molecule has 2 N–H and O–H groups in total. The van der Waals surface area contributed by atoms with E-state index in [1.54, 1.807) is 12.1 Å². The second-order valence-electron chi connectivity index (χ2n) is 6.68. The second kappa shape index (κ2) is 7.21. The van der Waals surface area contributed by atoms with Crippen LogP contribution in [0.5, 0.6) is 17.2 Å². The molecule has 26 heavy (non-hydrogen) atoms. The van der Waals surface area contributed by atoms with Gasteiger partial charge in [-0.15, -0.1) is 0 Å². The van der Waals surface area contributed by atoms with Gasteiger partial charge in [0.1, 0.15) is 5.69 Å². The summed E-state index contributed by atoms with van der Waals surface area (Å²) in [5, 5.41) is 31.5. The maximum absolute atomic E-state index is 11.0. The van der Waals surface area contributed by atoms with E-state index in [-0.39, 0.29) is 44.6 Å². The number of benzene rings is 2. The Hall–Kier alpha value is -2.80. The van der Waals surface area contributed by atoms with Crippen molar-refractivity contribution in [3.05, 3.63) is 50.5 Å². The van der Waals surface area contributed by atoms with E-state index in [0.29, 0.717) is 0 Å². The van der Waals surface area contributed by atoms with Crippen molar-refractivity contribution in [1.82, 2.24) is 0 Å². The number of methoxy groups -OCH3 is 1. The Balaban J connectivity index is 2.55. The first-order valence-electron chi connectivity index (χ1n) is 7.67. The molecule has 0 spiro atoms. The molecule has 0 saturated heterocycles. The second-order valence-corrected chi connectivity index (χ2v) is 7.08. The molecule has 0 aliphatic carbocycles. The lowest BCUT2D eigenvalue weighted by Crippen LogP contribution is -2.10. The molecule has 0 aliphatic heterocycles. The minimum absolute atomic E-state index is 0.0497. The summed E-state index contributed by atoms with van der Waals surface area (Å²) in [7, 11) is 1.29. The Labute approximate surface area is 155 Å². The number of hydrogen-bond acceptors (Lipinski definition) is 6. The third-order valence-electron chi connectivity index (χ3n) is 3.77. The summed E-state index contributed by atoms with van der Waals surface area (Å²) in [4.78, 5) is 14.6. The van der Waals surface area contributed by atoms with Crippen molar-refractivity contribution in [3.63, 3.8) is 0 Å². The number of phenols is 2. The van der Waals surface area contributed by atoms with E-state index in [9.17, 15) is 20.3 Å². The Morgan fingerprint density at radius 1 is 1.19 bits per heavy atom. The van der Waals surface area contributed by atoms with Gasteiger partial charge in [-0.05, 0) is 23.1 Å². The number of hydrogen-bond donors (Lipinski definition) is 2. The molecule has 2 aromatic carbocycles. The van der Waals surface area contributed by atoms with Crippen molar-refractivity contribution in [2.45, 2.75) is 26.2 Å². The number of nitrogens with zero attached hydrogens (tertiary/aromatic N) is 2. The van der Waals surface area contributed by atoms with Crippen molar-refractivity contribution in [3.8, 4) is 17.2 Å². The van der Waals surface area contributed by atoms with Crippen LogP contribution in [0.25, 0.3) is 0 Å². The number of phenolic OH excluding ortho intramolecular Hbond substituents is 2.